The number of nitrogen functional groups attached to an aromatic ring is 1. The Morgan fingerprint density at radius 3 is 2.60 bits per heavy atom. The summed E-state index contributed by atoms with van der Waals surface area (Å²) in [4.78, 5) is 7.86. The van der Waals surface area contributed by atoms with Gasteiger partial charge in [0.2, 0.25) is 0 Å². The van der Waals surface area contributed by atoms with Gasteiger partial charge in [-0.3, -0.25) is 10.5 Å². The van der Waals surface area contributed by atoms with Crippen LogP contribution in [0.15, 0.2) is 55.0 Å². The molecular weight excluding hydrogens is 449 g/mol. The number of anilines is 1. The minimum atomic E-state index is -0.714. The molecule has 0 radical (unpaired) electrons. The Morgan fingerprint density at radius 1 is 1.20 bits per heavy atom. The second-order valence-electron chi connectivity index (χ2n) is 8.15. The molecule has 0 aliphatic carbocycles. The average molecular weight is 478 g/mol. The molecule has 182 valence electrons. The Kier molecular flexibility index (Phi) is 7.00. The number of hydrogen-bond acceptors (Lipinski definition) is 6. The molecule has 0 spiro atoms. The van der Waals surface area contributed by atoms with Crippen LogP contribution in [0.25, 0.3) is 11.3 Å². The number of ether oxygens (including phenoxy) is 2. The standard InChI is InChI=1S/C25H28FN7O2/c1-4-34-18-9-19(22(26)21(10-18)35-14(2)3)23(32-17-7-5-15(6-8-17)24(27)28)25-29-13-20(33-25)16-11-30-31-12-16/h5-14,23,32H,4H2,1-3H3,(H3,27,28)(H,29,33)(H,30,31). The number of rotatable bonds is 10. The molecule has 4 aromatic rings. The van der Waals surface area contributed by atoms with E-state index >= 15 is 4.39 Å². The third-order valence-electron chi connectivity index (χ3n) is 5.20. The van der Waals surface area contributed by atoms with Gasteiger partial charge in [-0.2, -0.15) is 5.10 Å². The van der Waals surface area contributed by atoms with Crippen LogP contribution >= 0.6 is 0 Å². The molecule has 0 aliphatic heterocycles. The maximum absolute atomic E-state index is 15.8. The van der Waals surface area contributed by atoms with E-state index in [0.29, 0.717) is 40.7 Å². The number of halogens is 1. The maximum Gasteiger partial charge on any atom is 0.171 e. The first kappa shape index (κ1) is 23.8. The van der Waals surface area contributed by atoms with Gasteiger partial charge in [0.25, 0.3) is 0 Å². The molecule has 4 rings (SSSR count). The number of imidazole rings is 1. The van der Waals surface area contributed by atoms with Crippen molar-refractivity contribution in [2.75, 3.05) is 11.9 Å². The van der Waals surface area contributed by atoms with Crippen LogP contribution in [-0.2, 0) is 0 Å². The summed E-state index contributed by atoms with van der Waals surface area (Å²) in [5.74, 6) is 0.525. The smallest absolute Gasteiger partial charge is 0.171 e. The zero-order valence-electron chi connectivity index (χ0n) is 19.7. The number of nitrogens with two attached hydrogens (primary N) is 1. The van der Waals surface area contributed by atoms with Crippen LogP contribution in [0, 0.1) is 11.2 Å². The molecule has 0 amide bonds. The lowest BCUT2D eigenvalue weighted by atomic mass is 10.0. The largest absolute Gasteiger partial charge is 0.494 e. The van der Waals surface area contributed by atoms with E-state index in [1.54, 1.807) is 55.0 Å². The summed E-state index contributed by atoms with van der Waals surface area (Å²) in [6.07, 6.45) is 4.90. The van der Waals surface area contributed by atoms with Crippen molar-refractivity contribution in [2.24, 2.45) is 5.73 Å². The zero-order chi connectivity index (χ0) is 24.9. The Balaban J connectivity index is 1.80. The Bertz CT molecular complexity index is 1280. The van der Waals surface area contributed by atoms with E-state index in [4.69, 9.17) is 25.6 Å². The van der Waals surface area contributed by atoms with Crippen molar-refractivity contribution in [3.63, 3.8) is 0 Å². The second-order valence-corrected chi connectivity index (χ2v) is 8.15. The number of aromatic amines is 2. The zero-order valence-corrected chi connectivity index (χ0v) is 19.7. The Labute approximate surface area is 202 Å². The van der Waals surface area contributed by atoms with E-state index in [0.717, 1.165) is 5.56 Å². The van der Waals surface area contributed by atoms with Crippen LogP contribution in [0.5, 0.6) is 11.5 Å². The molecule has 0 saturated carbocycles. The minimum Gasteiger partial charge on any atom is -0.494 e. The summed E-state index contributed by atoms with van der Waals surface area (Å²) in [6, 6.07) is 9.49. The average Bonchev–Trinajstić information content (AvgIpc) is 3.52. The summed E-state index contributed by atoms with van der Waals surface area (Å²) in [6.45, 7) is 5.95. The van der Waals surface area contributed by atoms with E-state index in [1.165, 1.54) is 0 Å². The first-order valence-electron chi connectivity index (χ1n) is 11.2. The molecule has 9 nitrogen and oxygen atoms in total. The number of benzene rings is 2. The van der Waals surface area contributed by atoms with E-state index < -0.39 is 11.9 Å². The van der Waals surface area contributed by atoms with E-state index in [9.17, 15) is 0 Å². The van der Waals surface area contributed by atoms with Gasteiger partial charge in [0.1, 0.15) is 23.5 Å². The monoisotopic (exact) mass is 477 g/mol. The van der Waals surface area contributed by atoms with Gasteiger partial charge >= 0.3 is 0 Å². The quantitative estimate of drug-likeness (QED) is 0.167. The molecule has 0 bridgehead atoms. The minimum absolute atomic E-state index is 0.0326. The van der Waals surface area contributed by atoms with Crippen LogP contribution in [0.1, 0.15) is 43.8 Å². The second kappa shape index (κ2) is 10.3. The molecule has 2 aromatic heterocycles. The maximum atomic E-state index is 15.8. The fourth-order valence-electron chi connectivity index (χ4n) is 3.62. The van der Waals surface area contributed by atoms with Gasteiger partial charge in [0.15, 0.2) is 11.6 Å². The summed E-state index contributed by atoms with van der Waals surface area (Å²) in [7, 11) is 0. The van der Waals surface area contributed by atoms with Crippen LogP contribution in [0.3, 0.4) is 0 Å². The third kappa shape index (κ3) is 5.43. The molecule has 1 atom stereocenters. The van der Waals surface area contributed by atoms with E-state index in [1.807, 2.05) is 20.8 Å². The number of nitrogens with zero attached hydrogens (tertiary/aromatic N) is 2. The van der Waals surface area contributed by atoms with Crippen molar-refractivity contribution in [1.29, 1.82) is 5.41 Å². The van der Waals surface area contributed by atoms with Crippen LogP contribution < -0.4 is 20.5 Å². The molecule has 35 heavy (non-hydrogen) atoms. The molecule has 0 fully saturated rings. The number of aromatic nitrogens is 4. The highest BCUT2D eigenvalue weighted by atomic mass is 19.1. The van der Waals surface area contributed by atoms with Crippen LogP contribution in [0.4, 0.5) is 10.1 Å². The van der Waals surface area contributed by atoms with E-state index in [-0.39, 0.29) is 17.7 Å². The van der Waals surface area contributed by atoms with Gasteiger partial charge in [-0.05, 0) is 51.1 Å². The SMILES string of the molecule is CCOc1cc(OC(C)C)c(F)c(C(Nc2ccc(C(=N)N)cc2)c2nc(-c3cn[nH]c3)c[nH]2)c1. The Hall–Kier alpha value is -4.34. The van der Waals surface area contributed by atoms with Crippen molar-refractivity contribution in [1.82, 2.24) is 20.2 Å². The van der Waals surface area contributed by atoms with Gasteiger partial charge in [-0.25, -0.2) is 9.37 Å². The van der Waals surface area contributed by atoms with Crippen LogP contribution in [-0.4, -0.2) is 38.7 Å². The lowest BCUT2D eigenvalue weighted by Crippen LogP contribution is -2.18. The molecule has 2 heterocycles. The molecular formula is C25H28FN7O2. The molecule has 0 saturated heterocycles. The summed E-state index contributed by atoms with van der Waals surface area (Å²) in [5, 5.41) is 17.7. The topological polar surface area (TPSA) is 138 Å². The third-order valence-corrected chi connectivity index (χ3v) is 5.20. The number of amidine groups is 1. The van der Waals surface area contributed by atoms with Gasteiger partial charge < -0.3 is 25.5 Å². The van der Waals surface area contributed by atoms with Crippen LogP contribution in [0.2, 0.25) is 0 Å². The highest BCUT2D eigenvalue weighted by Gasteiger charge is 2.26. The Morgan fingerprint density at radius 2 is 1.97 bits per heavy atom. The first-order valence-corrected chi connectivity index (χ1v) is 11.2. The summed E-state index contributed by atoms with van der Waals surface area (Å²) in [5.41, 5.74) is 8.61. The van der Waals surface area contributed by atoms with Gasteiger partial charge in [0, 0.05) is 40.8 Å². The van der Waals surface area contributed by atoms with Crippen molar-refractivity contribution in [3.8, 4) is 22.8 Å². The molecule has 10 heteroatoms. The van der Waals surface area contributed by atoms with Crippen molar-refractivity contribution in [2.45, 2.75) is 32.9 Å². The predicted molar refractivity (Wildman–Crippen MR) is 132 cm³/mol. The van der Waals surface area contributed by atoms with Gasteiger partial charge in [-0.1, -0.05) is 0 Å². The molecule has 0 aliphatic rings. The van der Waals surface area contributed by atoms with Crippen molar-refractivity contribution < 1.29 is 13.9 Å². The normalized spacial score (nSPS) is 11.9. The lowest BCUT2D eigenvalue weighted by Gasteiger charge is -2.22. The summed E-state index contributed by atoms with van der Waals surface area (Å²) >= 11 is 0. The fourth-order valence-corrected chi connectivity index (χ4v) is 3.62. The van der Waals surface area contributed by atoms with Gasteiger partial charge in [-0.15, -0.1) is 0 Å². The van der Waals surface area contributed by atoms with Crippen molar-refractivity contribution in [3.05, 3.63) is 77.8 Å². The first-order chi connectivity index (χ1) is 16.9. The molecule has 6 N–H and O–H groups in total. The fraction of sp³-hybridized carbons (Fsp3) is 0.240. The van der Waals surface area contributed by atoms with Gasteiger partial charge in [0.05, 0.1) is 24.6 Å². The predicted octanol–water partition coefficient (Wildman–Crippen LogP) is 4.61. The highest BCUT2D eigenvalue weighted by molar-refractivity contribution is 5.95. The van der Waals surface area contributed by atoms with E-state index in [2.05, 4.69) is 20.5 Å². The number of H-pyrrole nitrogens is 2. The molecule has 2 aromatic carbocycles. The van der Waals surface area contributed by atoms with Crippen molar-refractivity contribution >= 4 is 11.5 Å². The molecule has 1 unspecified atom stereocenters. The highest BCUT2D eigenvalue weighted by Crippen LogP contribution is 2.36. The number of nitrogens with one attached hydrogen (secondary N) is 4. The summed E-state index contributed by atoms with van der Waals surface area (Å²) < 4.78 is 27.3. The lowest BCUT2D eigenvalue weighted by molar-refractivity contribution is 0.228. The number of hydrogen-bond donors (Lipinski definition) is 5.